The van der Waals surface area contributed by atoms with E-state index in [0.717, 1.165) is 0 Å². The molecule has 1 saturated heterocycles. The van der Waals surface area contributed by atoms with Gasteiger partial charge in [0, 0.05) is 35.8 Å². The van der Waals surface area contributed by atoms with E-state index in [2.05, 4.69) is 5.32 Å². The fourth-order valence-electron chi connectivity index (χ4n) is 5.29. The van der Waals surface area contributed by atoms with Crippen molar-refractivity contribution in [3.63, 3.8) is 0 Å². The zero-order valence-corrected chi connectivity index (χ0v) is 18.8. The number of ketones is 1. The number of likely N-dealkylation sites (N-methyl/N-ethyl adjacent to an activating group) is 1. The zero-order valence-electron chi connectivity index (χ0n) is 18.0. The molecule has 9 heteroatoms. The third-order valence-electron chi connectivity index (χ3n) is 6.71. The Kier molecular flexibility index (Phi) is 5.02. The van der Waals surface area contributed by atoms with Crippen LogP contribution in [-0.2, 0) is 10.3 Å². The number of benzene rings is 2. The molecule has 8 nitrogen and oxygen atoms in total. The van der Waals surface area contributed by atoms with Crippen LogP contribution in [0.2, 0.25) is 0 Å². The summed E-state index contributed by atoms with van der Waals surface area (Å²) >= 11 is 1.32. The Bertz CT molecular complexity index is 1270. The summed E-state index contributed by atoms with van der Waals surface area (Å²) in [6, 6.07) is 15.2. The van der Waals surface area contributed by atoms with Gasteiger partial charge in [-0.05, 0) is 42.3 Å². The number of ether oxygens (including phenoxy) is 1. The molecule has 2 aliphatic rings. The second kappa shape index (κ2) is 7.79. The van der Waals surface area contributed by atoms with Gasteiger partial charge in [0.2, 0.25) is 5.91 Å². The van der Waals surface area contributed by atoms with Gasteiger partial charge in [-0.1, -0.05) is 18.2 Å². The maximum absolute atomic E-state index is 14.0. The molecule has 1 fully saturated rings. The van der Waals surface area contributed by atoms with Crippen molar-refractivity contribution >= 4 is 34.4 Å². The number of nitro groups is 1. The van der Waals surface area contributed by atoms with Crippen molar-refractivity contribution in [2.24, 2.45) is 5.92 Å². The summed E-state index contributed by atoms with van der Waals surface area (Å²) in [6.07, 6.45) is 0. The molecule has 1 N–H and O–H groups in total. The van der Waals surface area contributed by atoms with Crippen molar-refractivity contribution in [3.05, 3.63) is 86.1 Å². The van der Waals surface area contributed by atoms with Gasteiger partial charge in [0.05, 0.1) is 22.8 Å². The van der Waals surface area contributed by atoms with Gasteiger partial charge in [-0.25, -0.2) is 0 Å². The largest absolute Gasteiger partial charge is 0.497 e. The molecule has 2 aliphatic heterocycles. The minimum absolute atomic E-state index is 0.0450. The van der Waals surface area contributed by atoms with Gasteiger partial charge in [0.15, 0.2) is 5.78 Å². The molecule has 0 radical (unpaired) electrons. The van der Waals surface area contributed by atoms with Gasteiger partial charge in [0.25, 0.3) is 5.69 Å². The number of carbonyl (C=O) groups excluding carboxylic acids is 2. The predicted molar refractivity (Wildman–Crippen MR) is 124 cm³/mol. The number of nitrogens with one attached hydrogen (secondary N) is 1. The summed E-state index contributed by atoms with van der Waals surface area (Å²) in [6.45, 7) is 0.382. The van der Waals surface area contributed by atoms with Crippen LogP contribution in [0.4, 0.5) is 11.4 Å². The molecule has 33 heavy (non-hydrogen) atoms. The molecular formula is C24H21N3O5S. The number of thiophene rings is 1. The summed E-state index contributed by atoms with van der Waals surface area (Å²) in [5, 5.41) is 16.2. The van der Waals surface area contributed by atoms with Gasteiger partial charge >= 0.3 is 0 Å². The number of fused-ring (bicyclic) bond motifs is 2. The Balaban J connectivity index is 1.74. The van der Waals surface area contributed by atoms with Crippen LogP contribution in [0.15, 0.2) is 60.0 Å². The Morgan fingerprint density at radius 3 is 2.76 bits per heavy atom. The molecule has 2 aromatic carbocycles. The molecule has 1 aromatic heterocycles. The van der Waals surface area contributed by atoms with E-state index in [1.54, 1.807) is 49.6 Å². The Morgan fingerprint density at radius 1 is 1.24 bits per heavy atom. The van der Waals surface area contributed by atoms with Crippen LogP contribution in [0, 0.1) is 16.0 Å². The van der Waals surface area contributed by atoms with E-state index in [1.165, 1.54) is 23.5 Å². The van der Waals surface area contributed by atoms with E-state index >= 15 is 0 Å². The molecule has 0 aliphatic carbocycles. The van der Waals surface area contributed by atoms with Gasteiger partial charge < -0.3 is 10.1 Å². The van der Waals surface area contributed by atoms with E-state index in [-0.39, 0.29) is 17.4 Å². The number of carbonyl (C=O) groups is 2. The van der Waals surface area contributed by atoms with Crippen molar-refractivity contribution in [2.75, 3.05) is 26.0 Å². The van der Waals surface area contributed by atoms with E-state index in [9.17, 15) is 19.7 Å². The van der Waals surface area contributed by atoms with Gasteiger partial charge in [-0.15, -0.1) is 11.3 Å². The second-order valence-corrected chi connectivity index (χ2v) is 9.24. The highest BCUT2D eigenvalue weighted by Gasteiger charge is 2.64. The van der Waals surface area contributed by atoms with E-state index in [4.69, 9.17) is 4.74 Å². The van der Waals surface area contributed by atoms with Crippen molar-refractivity contribution in [1.29, 1.82) is 0 Å². The first kappa shape index (κ1) is 21.3. The molecule has 0 bridgehead atoms. The van der Waals surface area contributed by atoms with Crippen molar-refractivity contribution < 1.29 is 19.2 Å². The smallest absolute Gasteiger partial charge is 0.269 e. The molecule has 3 unspecified atom stereocenters. The predicted octanol–water partition coefficient (Wildman–Crippen LogP) is 4.04. The fraction of sp³-hybridized carbons (Fsp3) is 0.250. The maximum Gasteiger partial charge on any atom is 0.269 e. The van der Waals surface area contributed by atoms with Crippen molar-refractivity contribution in [1.82, 2.24) is 4.90 Å². The van der Waals surface area contributed by atoms with Crippen molar-refractivity contribution in [2.45, 2.75) is 11.5 Å². The van der Waals surface area contributed by atoms with Crippen LogP contribution < -0.4 is 10.1 Å². The molecular weight excluding hydrogens is 442 g/mol. The molecule has 168 valence electrons. The maximum atomic E-state index is 14.0. The number of amides is 1. The van der Waals surface area contributed by atoms with E-state index in [0.29, 0.717) is 34.0 Å². The highest BCUT2D eigenvalue weighted by Crippen LogP contribution is 2.56. The SMILES string of the molecule is COc1ccc2c(c1)C1(C(=O)N2)C(C(=O)c2cccs2)C(c2cccc([N+](=O)[O-])c2)CN1C. The summed E-state index contributed by atoms with van der Waals surface area (Å²) < 4.78 is 5.42. The Labute approximate surface area is 193 Å². The topological polar surface area (TPSA) is 102 Å². The fourth-order valence-corrected chi connectivity index (χ4v) is 5.99. The number of non-ortho nitro benzene ring substituents is 1. The highest BCUT2D eigenvalue weighted by atomic mass is 32.1. The first-order valence-corrected chi connectivity index (χ1v) is 11.3. The number of rotatable bonds is 5. The standard InChI is InChI=1S/C24H21N3O5S/c1-26-13-17(14-5-3-6-15(11-14)27(30)31)21(22(28)20-7-4-10-33-20)24(26)18-12-16(32-2)8-9-19(18)25-23(24)29/h3-12,17,21H,13H2,1-2H3,(H,25,29). The lowest BCUT2D eigenvalue weighted by atomic mass is 9.71. The average molecular weight is 464 g/mol. The van der Waals surface area contributed by atoms with Crippen LogP contribution in [0.1, 0.15) is 26.7 Å². The number of nitro benzene ring substituents is 1. The summed E-state index contributed by atoms with van der Waals surface area (Å²) in [5.74, 6) is -1.06. The van der Waals surface area contributed by atoms with E-state index < -0.39 is 22.3 Å². The first-order valence-electron chi connectivity index (χ1n) is 10.4. The van der Waals surface area contributed by atoms with Crippen LogP contribution >= 0.6 is 11.3 Å². The monoisotopic (exact) mass is 463 g/mol. The number of nitrogens with zero attached hydrogens (tertiary/aromatic N) is 2. The quantitative estimate of drug-likeness (QED) is 0.348. The first-order chi connectivity index (χ1) is 15.9. The van der Waals surface area contributed by atoms with Gasteiger partial charge in [-0.2, -0.15) is 0 Å². The molecule has 3 aromatic rings. The number of hydrogen-bond donors (Lipinski definition) is 1. The normalized spacial score (nSPS) is 24.0. The van der Waals surface area contributed by atoms with Crippen molar-refractivity contribution in [3.8, 4) is 5.75 Å². The number of anilines is 1. The lowest BCUT2D eigenvalue weighted by Gasteiger charge is -2.35. The molecule has 5 rings (SSSR count). The molecule has 0 saturated carbocycles. The molecule has 3 atom stereocenters. The lowest BCUT2D eigenvalue weighted by Crippen LogP contribution is -2.51. The third-order valence-corrected chi connectivity index (χ3v) is 7.60. The number of hydrogen-bond acceptors (Lipinski definition) is 7. The zero-order chi connectivity index (χ0) is 23.3. The number of likely N-dealkylation sites (tertiary alicyclic amines) is 1. The molecule has 1 amide bonds. The van der Waals surface area contributed by atoms with Crippen LogP contribution in [0.3, 0.4) is 0 Å². The lowest BCUT2D eigenvalue weighted by molar-refractivity contribution is -0.384. The van der Waals surface area contributed by atoms with Gasteiger partial charge in [0.1, 0.15) is 11.3 Å². The summed E-state index contributed by atoms with van der Waals surface area (Å²) in [4.78, 5) is 41.0. The summed E-state index contributed by atoms with van der Waals surface area (Å²) in [5.41, 5.74) is 0.664. The minimum Gasteiger partial charge on any atom is -0.497 e. The second-order valence-electron chi connectivity index (χ2n) is 8.29. The van der Waals surface area contributed by atoms with Crippen LogP contribution in [-0.4, -0.2) is 42.2 Å². The third kappa shape index (κ3) is 3.07. The van der Waals surface area contributed by atoms with E-state index in [1.807, 2.05) is 17.3 Å². The average Bonchev–Trinajstić information content (AvgIpc) is 3.52. The Morgan fingerprint density at radius 2 is 2.06 bits per heavy atom. The Hall–Kier alpha value is -3.56. The van der Waals surface area contributed by atoms with Gasteiger partial charge in [-0.3, -0.25) is 24.6 Å². The number of Topliss-reactive ketones (excluding diaryl/α,β-unsaturated/α-hetero) is 1. The number of methoxy groups -OCH3 is 1. The molecule has 1 spiro atoms. The highest BCUT2D eigenvalue weighted by molar-refractivity contribution is 7.12. The minimum atomic E-state index is -1.26. The molecule has 3 heterocycles. The van der Waals surface area contributed by atoms with Crippen LogP contribution in [0.5, 0.6) is 5.75 Å². The summed E-state index contributed by atoms with van der Waals surface area (Å²) in [7, 11) is 3.37. The van der Waals surface area contributed by atoms with Crippen LogP contribution in [0.25, 0.3) is 0 Å².